The fraction of sp³-hybridized carbons (Fsp3) is 0. The predicted molar refractivity (Wildman–Crippen MR) is 203 cm³/mol. The van der Waals surface area contributed by atoms with Crippen molar-refractivity contribution in [1.82, 2.24) is 0 Å². The number of benzene rings is 7. The van der Waals surface area contributed by atoms with Gasteiger partial charge in [0, 0.05) is 44.5 Å². The Morgan fingerprint density at radius 1 is 0.260 bits per heavy atom. The van der Waals surface area contributed by atoms with Gasteiger partial charge in [0.25, 0.3) is 0 Å². The summed E-state index contributed by atoms with van der Waals surface area (Å²) in [6, 6.07) is 61.7. The maximum atomic E-state index is 13.0. The summed E-state index contributed by atoms with van der Waals surface area (Å²) in [5, 5.41) is 0. The van der Waals surface area contributed by atoms with E-state index in [0.717, 1.165) is 45.1 Å². The standard InChI is InChI=1S/C46H32N2O2/c49-45(37-17-9-3-10-18-37)39-25-21-35(22-26-39)43(33-13-5-1-6-14-33)47-41-29-31-42(32-30-41)48-44(34-15-7-2-8-16-34)36-23-27-40(28-24-36)46(50)38-19-11-4-12-20-38/h1-32H. The van der Waals surface area contributed by atoms with Crippen LogP contribution in [-0.2, 0) is 0 Å². The van der Waals surface area contributed by atoms with Crippen LogP contribution in [0.5, 0.6) is 0 Å². The van der Waals surface area contributed by atoms with Crippen molar-refractivity contribution in [2.24, 2.45) is 9.98 Å². The Morgan fingerprint density at radius 2 is 0.480 bits per heavy atom. The molecule has 7 aromatic rings. The summed E-state index contributed by atoms with van der Waals surface area (Å²) in [6.07, 6.45) is 0. The number of carbonyl (C=O) groups is 2. The number of hydrogen-bond acceptors (Lipinski definition) is 4. The smallest absolute Gasteiger partial charge is 0.193 e. The maximum absolute atomic E-state index is 13.0. The van der Waals surface area contributed by atoms with Gasteiger partial charge in [-0.1, -0.05) is 170 Å². The molecule has 0 aliphatic carbocycles. The van der Waals surface area contributed by atoms with Crippen molar-refractivity contribution in [2.75, 3.05) is 0 Å². The Kier molecular flexibility index (Phi) is 9.52. The van der Waals surface area contributed by atoms with Crippen molar-refractivity contribution in [3.63, 3.8) is 0 Å². The van der Waals surface area contributed by atoms with E-state index in [1.54, 1.807) is 0 Å². The SMILES string of the molecule is O=C(c1ccccc1)c1ccc(C(=Nc2ccc(N=C(c3ccccc3)c3ccc(C(=O)c4ccccc4)cc3)cc2)c2ccccc2)cc1. The van der Waals surface area contributed by atoms with E-state index in [4.69, 9.17) is 9.98 Å². The molecule has 0 unspecified atom stereocenters. The molecule has 0 saturated carbocycles. The van der Waals surface area contributed by atoms with Crippen molar-refractivity contribution in [3.8, 4) is 0 Å². The van der Waals surface area contributed by atoms with Crippen LogP contribution in [0.15, 0.2) is 204 Å². The third-order valence-corrected chi connectivity index (χ3v) is 8.34. The second-order valence-corrected chi connectivity index (χ2v) is 11.7. The molecule has 0 spiro atoms. The molecule has 50 heavy (non-hydrogen) atoms. The average molecular weight is 645 g/mol. The Balaban J connectivity index is 1.19. The van der Waals surface area contributed by atoms with Crippen LogP contribution in [0, 0.1) is 0 Å². The van der Waals surface area contributed by atoms with Gasteiger partial charge in [0.15, 0.2) is 11.6 Å². The number of nitrogens with zero attached hydrogens (tertiary/aromatic N) is 2. The first-order valence-electron chi connectivity index (χ1n) is 16.4. The molecule has 0 radical (unpaired) electrons. The van der Waals surface area contributed by atoms with E-state index in [0.29, 0.717) is 22.3 Å². The van der Waals surface area contributed by atoms with Crippen LogP contribution in [0.1, 0.15) is 54.1 Å². The first-order valence-corrected chi connectivity index (χ1v) is 16.4. The molecule has 4 heteroatoms. The van der Waals surface area contributed by atoms with Gasteiger partial charge in [-0.05, 0) is 24.3 Å². The molecule has 4 nitrogen and oxygen atoms in total. The molecule has 7 aromatic carbocycles. The number of rotatable bonds is 10. The van der Waals surface area contributed by atoms with E-state index >= 15 is 0 Å². The molecule has 0 aliphatic heterocycles. The van der Waals surface area contributed by atoms with Crippen molar-refractivity contribution >= 4 is 34.4 Å². The summed E-state index contributed by atoms with van der Waals surface area (Å²) in [4.78, 5) is 36.2. The second-order valence-electron chi connectivity index (χ2n) is 11.7. The predicted octanol–water partition coefficient (Wildman–Crippen LogP) is 10.5. The van der Waals surface area contributed by atoms with Gasteiger partial charge in [0.2, 0.25) is 0 Å². The summed E-state index contributed by atoms with van der Waals surface area (Å²) in [5.41, 5.74) is 9.47. The first kappa shape index (κ1) is 31.8. The third kappa shape index (κ3) is 7.35. The molecule has 0 aromatic heterocycles. The van der Waals surface area contributed by atoms with E-state index in [1.165, 1.54) is 0 Å². The third-order valence-electron chi connectivity index (χ3n) is 8.34. The fourth-order valence-electron chi connectivity index (χ4n) is 5.71. The highest BCUT2D eigenvalue weighted by Gasteiger charge is 2.14. The van der Waals surface area contributed by atoms with Gasteiger partial charge in [0.1, 0.15) is 0 Å². The topological polar surface area (TPSA) is 58.9 Å². The lowest BCUT2D eigenvalue weighted by atomic mass is 9.98. The van der Waals surface area contributed by atoms with Gasteiger partial charge in [0.05, 0.1) is 22.8 Å². The van der Waals surface area contributed by atoms with Crippen LogP contribution in [0.3, 0.4) is 0 Å². The van der Waals surface area contributed by atoms with E-state index in [2.05, 4.69) is 0 Å². The molecule has 0 bridgehead atoms. The first-order chi connectivity index (χ1) is 24.6. The quantitative estimate of drug-likeness (QED) is 0.110. The minimum absolute atomic E-state index is 0.0158. The molecule has 238 valence electrons. The molecule has 0 amide bonds. The van der Waals surface area contributed by atoms with Gasteiger partial charge in [-0.25, -0.2) is 9.98 Å². The number of ketones is 2. The number of carbonyl (C=O) groups excluding carboxylic acids is 2. The Hall–Kier alpha value is -6.78. The number of hydrogen-bond donors (Lipinski definition) is 0. The molecule has 0 aliphatic rings. The van der Waals surface area contributed by atoms with Crippen molar-refractivity contribution in [3.05, 3.63) is 239 Å². The minimum Gasteiger partial charge on any atom is -0.289 e. The molecule has 0 N–H and O–H groups in total. The van der Waals surface area contributed by atoms with Crippen LogP contribution in [0.2, 0.25) is 0 Å². The Morgan fingerprint density at radius 3 is 0.780 bits per heavy atom. The van der Waals surface area contributed by atoms with E-state index in [-0.39, 0.29) is 11.6 Å². The average Bonchev–Trinajstić information content (AvgIpc) is 3.20. The maximum Gasteiger partial charge on any atom is 0.193 e. The Labute approximate surface area is 291 Å². The highest BCUT2D eigenvalue weighted by Crippen LogP contribution is 2.25. The highest BCUT2D eigenvalue weighted by molar-refractivity contribution is 6.16. The highest BCUT2D eigenvalue weighted by atomic mass is 16.1. The molecule has 0 saturated heterocycles. The molecule has 0 atom stereocenters. The summed E-state index contributed by atoms with van der Waals surface area (Å²) in [7, 11) is 0. The summed E-state index contributed by atoms with van der Waals surface area (Å²) >= 11 is 0. The Bertz CT molecular complexity index is 2110. The largest absolute Gasteiger partial charge is 0.289 e. The van der Waals surface area contributed by atoms with Crippen LogP contribution >= 0.6 is 0 Å². The zero-order chi connectivity index (χ0) is 34.1. The van der Waals surface area contributed by atoms with Crippen LogP contribution in [0.4, 0.5) is 11.4 Å². The van der Waals surface area contributed by atoms with Gasteiger partial charge in [-0.15, -0.1) is 0 Å². The zero-order valence-corrected chi connectivity index (χ0v) is 27.2. The van der Waals surface area contributed by atoms with Crippen LogP contribution in [0.25, 0.3) is 0 Å². The lowest BCUT2D eigenvalue weighted by molar-refractivity contribution is 0.103. The van der Waals surface area contributed by atoms with E-state index in [9.17, 15) is 9.59 Å². The summed E-state index contributed by atoms with van der Waals surface area (Å²) < 4.78 is 0. The molecule has 7 rings (SSSR count). The molecule has 0 fully saturated rings. The number of aliphatic imine (C=N–C) groups is 2. The zero-order valence-electron chi connectivity index (χ0n) is 27.2. The van der Waals surface area contributed by atoms with Gasteiger partial charge < -0.3 is 0 Å². The van der Waals surface area contributed by atoms with Gasteiger partial charge in [-0.3, -0.25) is 9.59 Å². The monoisotopic (exact) mass is 644 g/mol. The van der Waals surface area contributed by atoms with Gasteiger partial charge >= 0.3 is 0 Å². The summed E-state index contributed by atoms with van der Waals surface area (Å²) in [6.45, 7) is 0. The molecule has 0 heterocycles. The van der Waals surface area contributed by atoms with Crippen LogP contribution in [-0.4, -0.2) is 23.0 Å². The normalized spacial score (nSPS) is 11.6. The minimum atomic E-state index is -0.0158. The fourth-order valence-corrected chi connectivity index (χ4v) is 5.71. The van der Waals surface area contributed by atoms with Crippen molar-refractivity contribution in [2.45, 2.75) is 0 Å². The summed E-state index contributed by atoms with van der Waals surface area (Å²) in [5.74, 6) is -0.0315. The second kappa shape index (κ2) is 15.0. The van der Waals surface area contributed by atoms with Crippen molar-refractivity contribution < 1.29 is 9.59 Å². The van der Waals surface area contributed by atoms with Gasteiger partial charge in [-0.2, -0.15) is 0 Å². The van der Waals surface area contributed by atoms with E-state index in [1.807, 2.05) is 194 Å². The lowest BCUT2D eigenvalue weighted by Crippen LogP contribution is -2.05. The molecular formula is C46H32N2O2. The lowest BCUT2D eigenvalue weighted by Gasteiger charge is -2.10. The van der Waals surface area contributed by atoms with E-state index < -0.39 is 0 Å². The van der Waals surface area contributed by atoms with Crippen LogP contribution < -0.4 is 0 Å². The van der Waals surface area contributed by atoms with Crippen molar-refractivity contribution in [1.29, 1.82) is 0 Å². The molecular weight excluding hydrogens is 613 g/mol.